The highest BCUT2D eigenvalue weighted by molar-refractivity contribution is 6.51. The fourth-order valence-corrected chi connectivity index (χ4v) is 5.22. The Morgan fingerprint density at radius 3 is 2.32 bits per heavy atom. The average molecular weight is 511 g/mol. The Morgan fingerprint density at radius 1 is 0.947 bits per heavy atom. The Kier molecular flexibility index (Phi) is 6.45. The number of aliphatic hydroxyl groups excluding tert-OH is 1. The summed E-state index contributed by atoms with van der Waals surface area (Å²) in [6, 6.07) is 19.2. The van der Waals surface area contributed by atoms with Gasteiger partial charge < -0.3 is 19.1 Å². The first kappa shape index (κ1) is 25.1. The van der Waals surface area contributed by atoms with Gasteiger partial charge in [0.1, 0.15) is 17.3 Å². The number of para-hydroxylation sites is 1. The van der Waals surface area contributed by atoms with E-state index in [0.29, 0.717) is 22.7 Å². The van der Waals surface area contributed by atoms with Gasteiger partial charge in [0.2, 0.25) is 0 Å². The van der Waals surface area contributed by atoms with Crippen molar-refractivity contribution in [1.82, 2.24) is 4.57 Å². The maximum absolute atomic E-state index is 13.6. The normalized spacial score (nSPS) is 17.0. The molecule has 1 saturated heterocycles. The minimum Gasteiger partial charge on any atom is -0.507 e. The second kappa shape index (κ2) is 9.74. The van der Waals surface area contributed by atoms with E-state index in [-0.39, 0.29) is 17.3 Å². The van der Waals surface area contributed by atoms with Crippen LogP contribution in [0.3, 0.4) is 0 Å². The van der Waals surface area contributed by atoms with E-state index in [4.69, 9.17) is 9.47 Å². The molecular formula is C31H30N2O5. The van der Waals surface area contributed by atoms with Gasteiger partial charge in [-0.1, -0.05) is 32.0 Å². The zero-order valence-electron chi connectivity index (χ0n) is 22.1. The van der Waals surface area contributed by atoms with Crippen molar-refractivity contribution in [2.75, 3.05) is 19.1 Å². The van der Waals surface area contributed by atoms with Crippen LogP contribution in [0.5, 0.6) is 11.5 Å². The minimum atomic E-state index is -0.834. The Morgan fingerprint density at radius 2 is 1.66 bits per heavy atom. The molecule has 1 aliphatic heterocycles. The highest BCUT2D eigenvalue weighted by Crippen LogP contribution is 2.45. The number of anilines is 1. The first-order valence-corrected chi connectivity index (χ1v) is 12.4. The third-order valence-corrected chi connectivity index (χ3v) is 7.14. The number of aromatic nitrogens is 1. The van der Waals surface area contributed by atoms with E-state index in [2.05, 4.69) is 0 Å². The van der Waals surface area contributed by atoms with Crippen molar-refractivity contribution in [1.29, 1.82) is 0 Å². The van der Waals surface area contributed by atoms with E-state index in [1.54, 1.807) is 50.6 Å². The second-order valence-electron chi connectivity index (χ2n) is 9.69. The second-order valence-corrected chi connectivity index (χ2v) is 9.69. The summed E-state index contributed by atoms with van der Waals surface area (Å²) in [4.78, 5) is 28.7. The van der Waals surface area contributed by atoms with Crippen molar-refractivity contribution >= 4 is 34.0 Å². The van der Waals surface area contributed by atoms with Crippen molar-refractivity contribution < 1.29 is 24.2 Å². The maximum Gasteiger partial charge on any atom is 0.300 e. The number of nitrogens with zero attached hydrogens (tertiary/aromatic N) is 2. The zero-order valence-corrected chi connectivity index (χ0v) is 22.1. The quantitative estimate of drug-likeness (QED) is 0.197. The number of fused-ring (bicyclic) bond motifs is 1. The molecule has 7 heteroatoms. The van der Waals surface area contributed by atoms with Crippen molar-refractivity contribution in [3.05, 3.63) is 95.2 Å². The molecule has 3 aromatic carbocycles. The highest BCUT2D eigenvalue weighted by Gasteiger charge is 2.48. The van der Waals surface area contributed by atoms with Gasteiger partial charge in [0.05, 0.1) is 25.8 Å². The molecule has 1 N–H and O–H groups in total. The summed E-state index contributed by atoms with van der Waals surface area (Å²) in [6.45, 7) is 4.06. The van der Waals surface area contributed by atoms with Crippen LogP contribution >= 0.6 is 0 Å². The predicted molar refractivity (Wildman–Crippen MR) is 148 cm³/mol. The van der Waals surface area contributed by atoms with Crippen LogP contribution in [0.1, 0.15) is 42.5 Å². The van der Waals surface area contributed by atoms with E-state index >= 15 is 0 Å². The van der Waals surface area contributed by atoms with Gasteiger partial charge in [0.25, 0.3) is 11.7 Å². The number of aliphatic hydroxyl groups is 1. The van der Waals surface area contributed by atoms with Gasteiger partial charge in [-0.05, 0) is 60.0 Å². The molecule has 1 aliphatic rings. The summed E-state index contributed by atoms with van der Waals surface area (Å²) in [5.74, 6) is -0.215. The summed E-state index contributed by atoms with van der Waals surface area (Å²) in [5, 5.41) is 12.5. The number of Topliss-reactive ketones (excluding diaryl/α,β-unsaturated/α-hetero) is 1. The molecular weight excluding hydrogens is 480 g/mol. The van der Waals surface area contributed by atoms with Crippen LogP contribution in [0, 0.1) is 0 Å². The number of carbonyl (C=O) groups is 2. The summed E-state index contributed by atoms with van der Waals surface area (Å²) in [7, 11) is 5.09. The van der Waals surface area contributed by atoms with Gasteiger partial charge in [0, 0.05) is 41.0 Å². The molecule has 7 nitrogen and oxygen atoms in total. The molecule has 1 aromatic heterocycles. The number of rotatable bonds is 6. The van der Waals surface area contributed by atoms with Gasteiger partial charge in [-0.2, -0.15) is 0 Å². The molecule has 0 aliphatic carbocycles. The lowest BCUT2D eigenvalue weighted by molar-refractivity contribution is -0.132. The van der Waals surface area contributed by atoms with Crippen LogP contribution in [0.2, 0.25) is 0 Å². The van der Waals surface area contributed by atoms with E-state index in [1.165, 1.54) is 4.90 Å². The van der Waals surface area contributed by atoms with Crippen molar-refractivity contribution in [2.45, 2.75) is 25.8 Å². The number of aryl methyl sites for hydroxylation is 1. The molecule has 194 valence electrons. The molecule has 1 unspecified atom stereocenters. The number of ether oxygens (including phenoxy) is 2. The molecule has 1 atom stereocenters. The van der Waals surface area contributed by atoms with Crippen LogP contribution in [0.25, 0.3) is 16.7 Å². The van der Waals surface area contributed by atoms with Gasteiger partial charge in [-0.15, -0.1) is 0 Å². The first-order valence-electron chi connectivity index (χ1n) is 12.4. The van der Waals surface area contributed by atoms with Crippen LogP contribution < -0.4 is 14.4 Å². The molecule has 1 fully saturated rings. The Hall–Kier alpha value is -4.52. The first-order chi connectivity index (χ1) is 18.3. The average Bonchev–Trinajstić information content (AvgIpc) is 3.40. The molecule has 38 heavy (non-hydrogen) atoms. The number of benzene rings is 3. The Balaban J connectivity index is 1.77. The molecule has 2 heterocycles. The number of carbonyl (C=O) groups excluding carboxylic acids is 2. The van der Waals surface area contributed by atoms with Crippen LogP contribution in [0.4, 0.5) is 5.69 Å². The van der Waals surface area contributed by atoms with Gasteiger partial charge in [0.15, 0.2) is 0 Å². The summed E-state index contributed by atoms with van der Waals surface area (Å²) in [5.41, 5.74) is 3.62. The molecule has 1 amide bonds. The van der Waals surface area contributed by atoms with E-state index in [0.717, 1.165) is 22.0 Å². The van der Waals surface area contributed by atoms with E-state index in [9.17, 15) is 14.7 Å². The fraction of sp³-hybridized carbons (Fsp3) is 0.226. The lowest BCUT2D eigenvalue weighted by Gasteiger charge is -2.25. The van der Waals surface area contributed by atoms with Gasteiger partial charge in [-0.25, -0.2) is 0 Å². The molecule has 0 spiro atoms. The van der Waals surface area contributed by atoms with Gasteiger partial charge >= 0.3 is 0 Å². The number of amides is 1. The third kappa shape index (κ3) is 4.00. The smallest absolute Gasteiger partial charge is 0.300 e. The zero-order chi connectivity index (χ0) is 27.1. The Bertz CT molecular complexity index is 1580. The monoisotopic (exact) mass is 510 g/mol. The predicted octanol–water partition coefficient (Wildman–Crippen LogP) is 5.95. The molecule has 4 aromatic rings. The van der Waals surface area contributed by atoms with Crippen molar-refractivity contribution in [3.63, 3.8) is 0 Å². The fourth-order valence-electron chi connectivity index (χ4n) is 5.22. The van der Waals surface area contributed by atoms with E-state index < -0.39 is 17.7 Å². The maximum atomic E-state index is 13.6. The van der Waals surface area contributed by atoms with Crippen molar-refractivity contribution in [2.24, 2.45) is 7.05 Å². The topological polar surface area (TPSA) is 81.0 Å². The summed E-state index contributed by atoms with van der Waals surface area (Å²) >= 11 is 0. The lowest BCUT2D eigenvalue weighted by atomic mass is 9.93. The Labute approximate surface area is 221 Å². The van der Waals surface area contributed by atoms with Crippen LogP contribution in [-0.2, 0) is 16.6 Å². The molecule has 0 saturated carbocycles. The van der Waals surface area contributed by atoms with Crippen LogP contribution in [-0.4, -0.2) is 35.6 Å². The summed E-state index contributed by atoms with van der Waals surface area (Å²) in [6.07, 6.45) is 1.92. The highest BCUT2D eigenvalue weighted by atomic mass is 16.5. The third-order valence-electron chi connectivity index (χ3n) is 7.14. The molecule has 0 bridgehead atoms. The number of hydrogen-bond acceptors (Lipinski definition) is 5. The minimum absolute atomic E-state index is 0.0436. The van der Waals surface area contributed by atoms with Gasteiger partial charge in [-0.3, -0.25) is 14.5 Å². The largest absolute Gasteiger partial charge is 0.507 e. The summed E-state index contributed by atoms with van der Waals surface area (Å²) < 4.78 is 12.7. The molecule has 5 rings (SSSR count). The number of hydrogen-bond donors (Lipinski definition) is 1. The van der Waals surface area contributed by atoms with Crippen LogP contribution in [0.15, 0.2) is 78.5 Å². The number of ketones is 1. The number of methoxy groups -OCH3 is 2. The standard InChI is InChI=1S/C31H30N2O5/c1-18(2)23-16-19(10-15-26(23)38-5)29(34)27-28(24-17-32(3)25-9-7-6-8-22(24)25)33(31(36)30(27)35)20-11-13-21(37-4)14-12-20/h6-18,28,34H,1-5H3/b29-27+. The van der Waals surface area contributed by atoms with E-state index in [1.807, 2.05) is 62.0 Å². The SMILES string of the molecule is COc1ccc(N2C(=O)C(=O)/C(=C(/O)c3ccc(OC)c(C(C)C)c3)C2c2cn(C)c3ccccc23)cc1. The molecule has 0 radical (unpaired) electrons. The van der Waals surface area contributed by atoms with Crippen molar-refractivity contribution in [3.8, 4) is 11.5 Å². The lowest BCUT2D eigenvalue weighted by Crippen LogP contribution is -2.29.